The zero-order valence-corrected chi connectivity index (χ0v) is 9.67. The van der Waals surface area contributed by atoms with Crippen molar-refractivity contribution in [2.45, 2.75) is 45.4 Å². The molecule has 1 heterocycles. The molecule has 2 heteroatoms. The van der Waals surface area contributed by atoms with Crippen LogP contribution in [0.5, 0.6) is 0 Å². The van der Waals surface area contributed by atoms with Crippen molar-refractivity contribution < 1.29 is 4.79 Å². The molecule has 2 saturated carbocycles. The lowest BCUT2D eigenvalue weighted by molar-refractivity contribution is -0.147. The van der Waals surface area contributed by atoms with Crippen LogP contribution in [0.4, 0.5) is 0 Å². The summed E-state index contributed by atoms with van der Waals surface area (Å²) < 4.78 is 0. The van der Waals surface area contributed by atoms with Gasteiger partial charge < -0.3 is 4.90 Å². The van der Waals surface area contributed by atoms with Gasteiger partial charge in [0.05, 0.1) is 0 Å². The van der Waals surface area contributed by atoms with E-state index in [4.69, 9.17) is 0 Å². The number of hydrogen-bond acceptors (Lipinski definition) is 1. The zero-order valence-electron chi connectivity index (χ0n) is 9.67. The molecule has 1 amide bonds. The van der Waals surface area contributed by atoms with Gasteiger partial charge in [0.1, 0.15) is 0 Å². The van der Waals surface area contributed by atoms with Crippen LogP contribution in [0.1, 0.15) is 45.4 Å². The highest BCUT2D eigenvalue weighted by atomic mass is 16.2. The van der Waals surface area contributed by atoms with Crippen LogP contribution < -0.4 is 0 Å². The standard InChI is InChI=1S/C13H21NO/c1-10-4-6-13(7-5-10)8-14(9-13)12(15)11-2-3-11/h10-11H,2-9H2,1H3. The Morgan fingerprint density at radius 2 is 1.73 bits per heavy atom. The maximum absolute atomic E-state index is 11.8. The number of carbonyl (C=O) groups excluding carboxylic acids is 1. The van der Waals surface area contributed by atoms with E-state index in [9.17, 15) is 4.79 Å². The molecular formula is C13H21NO. The number of carbonyl (C=O) groups is 1. The van der Waals surface area contributed by atoms with Gasteiger partial charge in [0.2, 0.25) is 5.91 Å². The Labute approximate surface area is 92.0 Å². The quantitative estimate of drug-likeness (QED) is 0.646. The Morgan fingerprint density at radius 3 is 2.27 bits per heavy atom. The Hall–Kier alpha value is -0.530. The van der Waals surface area contributed by atoms with Gasteiger partial charge in [-0.05, 0) is 31.6 Å². The third-order valence-corrected chi connectivity index (χ3v) is 4.63. The molecule has 0 aromatic carbocycles. The second kappa shape index (κ2) is 3.23. The summed E-state index contributed by atoms with van der Waals surface area (Å²) in [5, 5.41) is 0. The number of likely N-dealkylation sites (tertiary alicyclic amines) is 1. The molecule has 0 atom stereocenters. The Kier molecular flexibility index (Phi) is 2.08. The molecule has 3 aliphatic rings. The van der Waals surface area contributed by atoms with E-state index in [0.29, 0.717) is 17.2 Å². The predicted octanol–water partition coefficient (Wildman–Crippen LogP) is 2.44. The average molecular weight is 207 g/mol. The van der Waals surface area contributed by atoms with Gasteiger partial charge in [-0.25, -0.2) is 0 Å². The fourth-order valence-corrected chi connectivity index (χ4v) is 3.20. The van der Waals surface area contributed by atoms with Crippen LogP contribution in [-0.4, -0.2) is 23.9 Å². The van der Waals surface area contributed by atoms with Crippen molar-refractivity contribution in [3.63, 3.8) is 0 Å². The maximum atomic E-state index is 11.8. The summed E-state index contributed by atoms with van der Waals surface area (Å²) in [6, 6.07) is 0. The number of hydrogen-bond donors (Lipinski definition) is 0. The molecule has 1 aliphatic heterocycles. The molecule has 15 heavy (non-hydrogen) atoms. The molecule has 84 valence electrons. The van der Waals surface area contributed by atoms with E-state index >= 15 is 0 Å². The molecule has 3 fully saturated rings. The number of amides is 1. The molecule has 2 nitrogen and oxygen atoms in total. The van der Waals surface area contributed by atoms with Gasteiger partial charge in [0, 0.05) is 24.4 Å². The summed E-state index contributed by atoms with van der Waals surface area (Å²) in [6.07, 6.45) is 7.79. The molecule has 1 saturated heterocycles. The van der Waals surface area contributed by atoms with Crippen LogP contribution in [0.15, 0.2) is 0 Å². The van der Waals surface area contributed by atoms with E-state index in [1.54, 1.807) is 0 Å². The Morgan fingerprint density at radius 1 is 1.13 bits per heavy atom. The fourth-order valence-electron chi connectivity index (χ4n) is 3.20. The second-order valence-corrected chi connectivity index (χ2v) is 6.15. The van der Waals surface area contributed by atoms with Crippen LogP contribution in [0.3, 0.4) is 0 Å². The molecule has 0 aromatic heterocycles. The first-order valence-corrected chi connectivity index (χ1v) is 6.47. The molecule has 1 spiro atoms. The summed E-state index contributed by atoms with van der Waals surface area (Å²) in [5.74, 6) is 1.80. The highest BCUT2D eigenvalue weighted by Crippen LogP contribution is 2.47. The van der Waals surface area contributed by atoms with E-state index in [1.165, 1.54) is 25.7 Å². The topological polar surface area (TPSA) is 20.3 Å². The summed E-state index contributed by atoms with van der Waals surface area (Å²) in [5.41, 5.74) is 0.553. The summed E-state index contributed by atoms with van der Waals surface area (Å²) in [4.78, 5) is 13.9. The van der Waals surface area contributed by atoms with Gasteiger partial charge in [-0.2, -0.15) is 0 Å². The predicted molar refractivity (Wildman–Crippen MR) is 59.4 cm³/mol. The number of rotatable bonds is 1. The fraction of sp³-hybridized carbons (Fsp3) is 0.923. The van der Waals surface area contributed by atoms with E-state index < -0.39 is 0 Å². The highest BCUT2D eigenvalue weighted by molar-refractivity contribution is 5.81. The van der Waals surface area contributed by atoms with Crippen molar-refractivity contribution in [2.75, 3.05) is 13.1 Å². The largest absolute Gasteiger partial charge is 0.341 e. The van der Waals surface area contributed by atoms with Crippen molar-refractivity contribution in [1.82, 2.24) is 4.90 Å². The molecule has 0 unspecified atom stereocenters. The van der Waals surface area contributed by atoms with Crippen molar-refractivity contribution in [3.8, 4) is 0 Å². The second-order valence-electron chi connectivity index (χ2n) is 6.15. The van der Waals surface area contributed by atoms with Crippen molar-refractivity contribution in [2.24, 2.45) is 17.3 Å². The van der Waals surface area contributed by atoms with Crippen molar-refractivity contribution in [1.29, 1.82) is 0 Å². The first kappa shape index (κ1) is 9.68. The zero-order chi connectivity index (χ0) is 10.5. The third-order valence-electron chi connectivity index (χ3n) is 4.63. The van der Waals surface area contributed by atoms with Gasteiger partial charge in [-0.3, -0.25) is 4.79 Å². The van der Waals surface area contributed by atoms with E-state index in [1.807, 2.05) is 0 Å². The lowest BCUT2D eigenvalue weighted by Gasteiger charge is -2.53. The van der Waals surface area contributed by atoms with Gasteiger partial charge in [0.15, 0.2) is 0 Å². The lowest BCUT2D eigenvalue weighted by Crippen LogP contribution is -2.59. The van der Waals surface area contributed by atoms with Crippen LogP contribution in [0.2, 0.25) is 0 Å². The minimum atomic E-state index is 0.421. The highest BCUT2D eigenvalue weighted by Gasteiger charge is 2.48. The number of nitrogens with zero attached hydrogens (tertiary/aromatic N) is 1. The van der Waals surface area contributed by atoms with Crippen LogP contribution in [0.25, 0.3) is 0 Å². The van der Waals surface area contributed by atoms with Crippen molar-refractivity contribution in [3.05, 3.63) is 0 Å². The minimum absolute atomic E-state index is 0.421. The maximum Gasteiger partial charge on any atom is 0.225 e. The van der Waals surface area contributed by atoms with Gasteiger partial charge in [0.25, 0.3) is 0 Å². The summed E-state index contributed by atoms with van der Waals surface area (Å²) in [6.45, 7) is 4.52. The normalized spacial score (nSPS) is 30.3. The third kappa shape index (κ3) is 1.68. The summed E-state index contributed by atoms with van der Waals surface area (Å²) in [7, 11) is 0. The monoisotopic (exact) mass is 207 g/mol. The van der Waals surface area contributed by atoms with Gasteiger partial charge in [-0.15, -0.1) is 0 Å². The Balaban J connectivity index is 1.53. The smallest absolute Gasteiger partial charge is 0.225 e. The SMILES string of the molecule is CC1CCC2(CC1)CN(C(=O)C1CC1)C2. The lowest BCUT2D eigenvalue weighted by atomic mass is 9.66. The molecule has 3 rings (SSSR count). The minimum Gasteiger partial charge on any atom is -0.341 e. The molecule has 0 aromatic rings. The first-order valence-electron chi connectivity index (χ1n) is 6.47. The van der Waals surface area contributed by atoms with Crippen LogP contribution >= 0.6 is 0 Å². The first-order chi connectivity index (χ1) is 7.19. The summed E-state index contributed by atoms with van der Waals surface area (Å²) >= 11 is 0. The molecule has 0 radical (unpaired) electrons. The van der Waals surface area contributed by atoms with Gasteiger partial charge >= 0.3 is 0 Å². The van der Waals surface area contributed by atoms with Gasteiger partial charge in [-0.1, -0.05) is 19.8 Å². The van der Waals surface area contributed by atoms with E-state index in [2.05, 4.69) is 11.8 Å². The average Bonchev–Trinajstić information content (AvgIpc) is 2.98. The molecule has 0 bridgehead atoms. The molecule has 0 N–H and O–H groups in total. The molecule has 2 aliphatic carbocycles. The van der Waals surface area contributed by atoms with Crippen LogP contribution in [0, 0.1) is 17.3 Å². The Bertz CT molecular complexity index is 266. The van der Waals surface area contributed by atoms with E-state index in [-0.39, 0.29) is 0 Å². The molecular weight excluding hydrogens is 186 g/mol. The van der Waals surface area contributed by atoms with Crippen molar-refractivity contribution >= 4 is 5.91 Å². The van der Waals surface area contributed by atoms with E-state index in [0.717, 1.165) is 31.8 Å². The van der Waals surface area contributed by atoms with Crippen LogP contribution in [-0.2, 0) is 4.79 Å².